The van der Waals surface area contributed by atoms with Crippen LogP contribution in [-0.4, -0.2) is 55.2 Å². The number of amides is 2. The van der Waals surface area contributed by atoms with Crippen molar-refractivity contribution >= 4 is 23.2 Å². The number of likely N-dealkylation sites (tertiary alicyclic amines) is 1. The number of piperidine rings is 1. The highest BCUT2D eigenvalue weighted by molar-refractivity contribution is 6.03. The van der Waals surface area contributed by atoms with Gasteiger partial charge in [-0.1, -0.05) is 12.1 Å². The van der Waals surface area contributed by atoms with E-state index in [9.17, 15) is 9.59 Å². The van der Waals surface area contributed by atoms with E-state index in [1.54, 1.807) is 52.3 Å². The van der Waals surface area contributed by atoms with Gasteiger partial charge in [-0.25, -0.2) is 9.31 Å². The highest BCUT2D eigenvalue weighted by Crippen LogP contribution is 2.30. The van der Waals surface area contributed by atoms with Gasteiger partial charge in [0.15, 0.2) is 0 Å². The summed E-state index contributed by atoms with van der Waals surface area (Å²) in [5, 5.41) is 7.37. The van der Waals surface area contributed by atoms with Gasteiger partial charge >= 0.3 is 6.09 Å². The maximum atomic E-state index is 12.6. The second-order valence-corrected chi connectivity index (χ2v) is 10.2. The summed E-state index contributed by atoms with van der Waals surface area (Å²) in [4.78, 5) is 36.0. The SMILES string of the molecule is CC(C)(C)OC(=O)N1CCCC(c2cccc(-c3cnn4ccc(NC(=O)c5ccccn5)cc34)n2)C1. The van der Waals surface area contributed by atoms with Crippen LogP contribution in [0.1, 0.15) is 55.7 Å². The molecule has 5 heterocycles. The first kappa shape index (κ1) is 24.4. The number of aromatic nitrogens is 4. The lowest BCUT2D eigenvalue weighted by Gasteiger charge is -2.34. The quantitative estimate of drug-likeness (QED) is 0.417. The zero-order valence-electron chi connectivity index (χ0n) is 21.2. The first-order chi connectivity index (χ1) is 17.8. The molecule has 1 unspecified atom stereocenters. The van der Waals surface area contributed by atoms with Gasteiger partial charge in [-0.3, -0.25) is 14.8 Å². The summed E-state index contributed by atoms with van der Waals surface area (Å²) < 4.78 is 7.34. The fourth-order valence-corrected chi connectivity index (χ4v) is 4.49. The van der Waals surface area contributed by atoms with Gasteiger partial charge in [0.1, 0.15) is 11.3 Å². The largest absolute Gasteiger partial charge is 0.444 e. The van der Waals surface area contributed by atoms with Crippen LogP contribution >= 0.6 is 0 Å². The van der Waals surface area contributed by atoms with Crippen LogP contribution in [-0.2, 0) is 4.74 Å². The Kier molecular flexibility index (Phi) is 6.60. The molecule has 9 heteroatoms. The number of carbonyl (C=O) groups excluding carboxylic acids is 2. The molecule has 1 aliphatic heterocycles. The number of carbonyl (C=O) groups is 2. The Morgan fingerprint density at radius 2 is 1.97 bits per heavy atom. The molecule has 0 bridgehead atoms. The summed E-state index contributed by atoms with van der Waals surface area (Å²) >= 11 is 0. The van der Waals surface area contributed by atoms with Gasteiger partial charge < -0.3 is 15.0 Å². The van der Waals surface area contributed by atoms with Gasteiger partial charge in [-0.05, 0) is 70.0 Å². The third-order valence-corrected chi connectivity index (χ3v) is 6.21. The van der Waals surface area contributed by atoms with Gasteiger partial charge in [0.05, 0.1) is 17.4 Å². The average molecular weight is 499 g/mol. The maximum Gasteiger partial charge on any atom is 0.410 e. The lowest BCUT2D eigenvalue weighted by Crippen LogP contribution is -2.42. The van der Waals surface area contributed by atoms with E-state index in [1.807, 2.05) is 45.0 Å². The number of rotatable bonds is 4. The number of hydrogen-bond acceptors (Lipinski definition) is 6. The third kappa shape index (κ3) is 5.61. The van der Waals surface area contributed by atoms with Gasteiger partial charge in [0.2, 0.25) is 0 Å². The molecule has 4 aromatic rings. The minimum Gasteiger partial charge on any atom is -0.444 e. The fourth-order valence-electron chi connectivity index (χ4n) is 4.49. The van der Waals surface area contributed by atoms with Crippen LogP contribution in [0.25, 0.3) is 16.8 Å². The van der Waals surface area contributed by atoms with E-state index in [0.717, 1.165) is 35.3 Å². The van der Waals surface area contributed by atoms with Crippen molar-refractivity contribution in [2.75, 3.05) is 18.4 Å². The summed E-state index contributed by atoms with van der Waals surface area (Å²) in [6.45, 7) is 6.89. The Labute approximate surface area is 215 Å². The molecule has 0 saturated carbocycles. The second kappa shape index (κ2) is 10.0. The van der Waals surface area contributed by atoms with E-state index in [0.29, 0.717) is 24.5 Å². The van der Waals surface area contributed by atoms with Crippen LogP contribution in [0.15, 0.2) is 67.1 Å². The number of pyridine rings is 3. The van der Waals surface area contributed by atoms with E-state index >= 15 is 0 Å². The third-order valence-electron chi connectivity index (χ3n) is 6.21. The predicted octanol–water partition coefficient (Wildman–Crippen LogP) is 5.16. The molecule has 1 N–H and O–H groups in total. The van der Waals surface area contributed by atoms with Crippen molar-refractivity contribution in [2.24, 2.45) is 0 Å². The zero-order valence-corrected chi connectivity index (χ0v) is 21.2. The Hall–Kier alpha value is -4.27. The standard InChI is InChI=1S/C28H30N6O3/c1-28(2,3)37-27(36)33-14-7-8-19(18-33)22-10-6-11-23(32-22)21-17-30-34-15-12-20(16-25(21)34)31-26(35)24-9-4-5-13-29-24/h4-6,9-13,15-17,19H,7-8,14,18H2,1-3H3,(H,31,35). The Bertz CT molecular complexity index is 1430. The monoisotopic (exact) mass is 498 g/mol. The van der Waals surface area contributed by atoms with E-state index in [2.05, 4.69) is 15.4 Å². The van der Waals surface area contributed by atoms with Crippen molar-refractivity contribution in [2.45, 2.75) is 45.1 Å². The summed E-state index contributed by atoms with van der Waals surface area (Å²) in [6, 6.07) is 14.8. The van der Waals surface area contributed by atoms with Crippen molar-refractivity contribution in [1.29, 1.82) is 0 Å². The Morgan fingerprint density at radius 1 is 1.11 bits per heavy atom. The Balaban J connectivity index is 1.37. The smallest absolute Gasteiger partial charge is 0.410 e. The number of ether oxygens (including phenoxy) is 1. The zero-order chi connectivity index (χ0) is 26.0. The Morgan fingerprint density at radius 3 is 2.76 bits per heavy atom. The second-order valence-electron chi connectivity index (χ2n) is 10.2. The van der Waals surface area contributed by atoms with Gasteiger partial charge in [-0.15, -0.1) is 0 Å². The first-order valence-corrected chi connectivity index (χ1v) is 12.4. The molecule has 2 amide bonds. The number of nitrogens with zero attached hydrogens (tertiary/aromatic N) is 5. The molecule has 1 fully saturated rings. The van der Waals surface area contributed by atoms with Crippen molar-refractivity contribution < 1.29 is 14.3 Å². The van der Waals surface area contributed by atoms with Crippen LogP contribution in [0.5, 0.6) is 0 Å². The molecule has 1 aliphatic rings. The van der Waals surface area contributed by atoms with Crippen LogP contribution in [0.2, 0.25) is 0 Å². The first-order valence-electron chi connectivity index (χ1n) is 12.4. The predicted molar refractivity (Wildman–Crippen MR) is 140 cm³/mol. The molecule has 37 heavy (non-hydrogen) atoms. The molecule has 0 spiro atoms. The number of fused-ring (bicyclic) bond motifs is 1. The normalized spacial score (nSPS) is 16.0. The topological polar surface area (TPSA) is 102 Å². The maximum absolute atomic E-state index is 12.6. The van der Waals surface area contributed by atoms with Crippen LogP contribution < -0.4 is 5.32 Å². The van der Waals surface area contributed by atoms with Gasteiger partial charge in [0, 0.05) is 48.3 Å². The van der Waals surface area contributed by atoms with E-state index in [4.69, 9.17) is 9.72 Å². The van der Waals surface area contributed by atoms with Crippen molar-refractivity contribution in [3.05, 3.63) is 78.5 Å². The summed E-state index contributed by atoms with van der Waals surface area (Å²) in [7, 11) is 0. The number of anilines is 1. The number of nitrogens with one attached hydrogen (secondary N) is 1. The van der Waals surface area contributed by atoms with E-state index < -0.39 is 5.60 Å². The minimum atomic E-state index is -0.526. The molecule has 190 valence electrons. The molecular weight excluding hydrogens is 468 g/mol. The van der Waals surface area contributed by atoms with E-state index in [1.165, 1.54) is 0 Å². The van der Waals surface area contributed by atoms with Crippen molar-refractivity contribution in [1.82, 2.24) is 24.5 Å². The lowest BCUT2D eigenvalue weighted by atomic mass is 9.94. The van der Waals surface area contributed by atoms with Crippen LogP contribution in [0, 0.1) is 0 Å². The molecule has 0 radical (unpaired) electrons. The fraction of sp³-hybridized carbons (Fsp3) is 0.321. The summed E-state index contributed by atoms with van der Waals surface area (Å²) in [5.41, 5.74) is 3.86. The molecule has 0 aliphatic carbocycles. The molecule has 5 rings (SSSR count). The van der Waals surface area contributed by atoms with Gasteiger partial charge in [0.25, 0.3) is 5.91 Å². The van der Waals surface area contributed by atoms with E-state index in [-0.39, 0.29) is 17.9 Å². The molecule has 0 aromatic carbocycles. The van der Waals surface area contributed by atoms with Crippen LogP contribution in [0.4, 0.5) is 10.5 Å². The molecule has 1 saturated heterocycles. The highest BCUT2D eigenvalue weighted by atomic mass is 16.6. The van der Waals surface area contributed by atoms with Gasteiger partial charge in [-0.2, -0.15) is 5.10 Å². The molecular formula is C28H30N6O3. The number of hydrogen-bond donors (Lipinski definition) is 1. The van der Waals surface area contributed by atoms with Crippen molar-refractivity contribution in [3.63, 3.8) is 0 Å². The van der Waals surface area contributed by atoms with Crippen molar-refractivity contribution in [3.8, 4) is 11.3 Å². The lowest BCUT2D eigenvalue weighted by molar-refractivity contribution is 0.0197. The molecule has 9 nitrogen and oxygen atoms in total. The minimum absolute atomic E-state index is 0.122. The molecule has 4 aromatic heterocycles. The average Bonchev–Trinajstić information content (AvgIpc) is 3.32. The summed E-state index contributed by atoms with van der Waals surface area (Å²) in [5.74, 6) is -0.158. The summed E-state index contributed by atoms with van der Waals surface area (Å²) in [6.07, 6.45) is 6.73. The van der Waals surface area contributed by atoms with Crippen LogP contribution in [0.3, 0.4) is 0 Å². The highest BCUT2D eigenvalue weighted by Gasteiger charge is 2.29. The molecule has 1 atom stereocenters.